The van der Waals surface area contributed by atoms with Crippen molar-refractivity contribution in [1.82, 2.24) is 0 Å². The number of hydrogen-bond donors (Lipinski definition) is 6. The van der Waals surface area contributed by atoms with Gasteiger partial charge in [0.15, 0.2) is 0 Å². The molecule has 3 aromatic rings. The molecule has 30 heavy (non-hydrogen) atoms. The monoisotopic (exact) mass is 420 g/mol. The van der Waals surface area contributed by atoms with Crippen molar-refractivity contribution in [3.8, 4) is 17.2 Å². The second kappa shape index (κ2) is 7.42. The maximum absolute atomic E-state index is 12.3. The topological polar surface area (TPSA) is 170 Å². The number of hydrogen-bond acceptors (Lipinski definition) is 10. The number of aryl methyl sites for hydroxylation is 1. The van der Waals surface area contributed by atoms with Crippen LogP contribution in [0, 0.1) is 6.92 Å². The van der Waals surface area contributed by atoms with Gasteiger partial charge in [-0.1, -0.05) is 0 Å². The number of aromatic hydroxyl groups is 2. The molecule has 0 radical (unpaired) electrons. The Morgan fingerprint density at radius 1 is 1.00 bits per heavy atom. The summed E-state index contributed by atoms with van der Waals surface area (Å²) in [6.07, 6.45) is -7.26. The lowest BCUT2D eigenvalue weighted by molar-refractivity contribution is -0.277. The molecular weight excluding hydrogens is 400 g/mol. The highest BCUT2D eigenvalue weighted by molar-refractivity contribution is 6.08. The molecule has 0 bridgehead atoms. The van der Waals surface area contributed by atoms with Gasteiger partial charge in [0.25, 0.3) is 0 Å². The van der Waals surface area contributed by atoms with E-state index in [4.69, 9.17) is 13.9 Å². The highest BCUT2D eigenvalue weighted by Gasteiger charge is 2.44. The Morgan fingerprint density at radius 2 is 1.73 bits per heavy atom. The summed E-state index contributed by atoms with van der Waals surface area (Å²) in [6.45, 7) is 1.08. The third kappa shape index (κ3) is 3.24. The molecule has 0 amide bonds. The first-order valence-electron chi connectivity index (χ1n) is 9.11. The van der Waals surface area contributed by atoms with E-state index in [1.807, 2.05) is 0 Å². The fraction of sp³-hybridized carbons (Fsp3) is 0.350. The summed E-state index contributed by atoms with van der Waals surface area (Å²) >= 11 is 0. The van der Waals surface area contributed by atoms with E-state index in [0.717, 1.165) is 6.07 Å². The fourth-order valence-electron chi connectivity index (χ4n) is 3.69. The third-order valence-electron chi connectivity index (χ3n) is 5.15. The average Bonchev–Trinajstić information content (AvgIpc) is 2.67. The van der Waals surface area contributed by atoms with Gasteiger partial charge >= 0.3 is 5.63 Å². The molecule has 1 fully saturated rings. The van der Waals surface area contributed by atoms with Crippen LogP contribution in [-0.4, -0.2) is 68.0 Å². The van der Waals surface area contributed by atoms with E-state index in [9.17, 15) is 35.4 Å². The highest BCUT2D eigenvalue weighted by atomic mass is 16.7. The minimum Gasteiger partial charge on any atom is -0.508 e. The predicted molar refractivity (Wildman–Crippen MR) is 102 cm³/mol. The van der Waals surface area contributed by atoms with Crippen LogP contribution in [0.25, 0.3) is 21.7 Å². The Hall–Kier alpha value is -2.89. The number of benzene rings is 2. The van der Waals surface area contributed by atoms with Gasteiger partial charge < -0.3 is 44.5 Å². The summed E-state index contributed by atoms with van der Waals surface area (Å²) in [6, 6.07) is 5.27. The molecule has 0 spiro atoms. The van der Waals surface area contributed by atoms with Crippen LogP contribution in [-0.2, 0) is 4.74 Å². The maximum Gasteiger partial charge on any atom is 0.347 e. The van der Waals surface area contributed by atoms with Gasteiger partial charge in [0.2, 0.25) is 6.29 Å². The van der Waals surface area contributed by atoms with Crippen molar-refractivity contribution in [2.45, 2.75) is 37.6 Å². The van der Waals surface area contributed by atoms with Gasteiger partial charge in [-0.15, -0.1) is 0 Å². The average molecular weight is 420 g/mol. The molecule has 10 heteroatoms. The molecule has 0 aliphatic carbocycles. The first-order chi connectivity index (χ1) is 14.2. The first kappa shape index (κ1) is 20.4. The van der Waals surface area contributed by atoms with Crippen molar-refractivity contribution < 1.29 is 44.5 Å². The molecule has 1 aliphatic heterocycles. The van der Waals surface area contributed by atoms with Crippen LogP contribution in [0.5, 0.6) is 17.2 Å². The number of aliphatic hydroxyl groups excluding tert-OH is 4. The van der Waals surface area contributed by atoms with Gasteiger partial charge in [-0.2, -0.15) is 0 Å². The van der Waals surface area contributed by atoms with E-state index in [0.29, 0.717) is 10.9 Å². The number of fused-ring (bicyclic) bond motifs is 3. The first-order valence-corrected chi connectivity index (χ1v) is 9.11. The van der Waals surface area contributed by atoms with E-state index in [1.54, 1.807) is 13.0 Å². The summed E-state index contributed by atoms with van der Waals surface area (Å²) in [7, 11) is 0. The van der Waals surface area contributed by atoms with E-state index < -0.39 is 48.7 Å². The predicted octanol–water partition coefficient (Wildman–Crippen LogP) is -0.155. The van der Waals surface area contributed by atoms with E-state index in [1.165, 1.54) is 12.1 Å². The zero-order valence-electron chi connectivity index (χ0n) is 15.7. The molecule has 2 heterocycles. The van der Waals surface area contributed by atoms with Gasteiger partial charge in [-0.05, 0) is 24.6 Å². The summed E-state index contributed by atoms with van der Waals surface area (Å²) in [5.41, 5.74) is -0.165. The Kier molecular flexibility index (Phi) is 5.04. The number of aliphatic hydroxyl groups is 4. The molecule has 2 aromatic carbocycles. The lowest BCUT2D eigenvalue weighted by atomic mass is 9.99. The SMILES string of the molecule is Cc1cc(O[C@@H]2O[C@H](CO)[C@@H](O)[C@H](O)[C@H]2O)cc2oc(=O)c3c(O)cc(O)cc3c12. The van der Waals surface area contributed by atoms with Crippen LogP contribution >= 0.6 is 0 Å². The minimum atomic E-state index is -1.60. The maximum atomic E-state index is 12.3. The van der Waals surface area contributed by atoms with Crippen LogP contribution in [0.3, 0.4) is 0 Å². The molecule has 10 nitrogen and oxygen atoms in total. The Balaban J connectivity index is 1.79. The van der Waals surface area contributed by atoms with Crippen molar-refractivity contribution in [3.63, 3.8) is 0 Å². The van der Waals surface area contributed by atoms with Gasteiger partial charge in [-0.3, -0.25) is 0 Å². The van der Waals surface area contributed by atoms with E-state index in [2.05, 4.69) is 0 Å². The van der Waals surface area contributed by atoms with Crippen LogP contribution in [0.4, 0.5) is 0 Å². The van der Waals surface area contributed by atoms with Crippen LogP contribution < -0.4 is 10.4 Å². The summed E-state index contributed by atoms with van der Waals surface area (Å²) in [5, 5.41) is 59.7. The Bertz CT molecular complexity index is 1170. The molecule has 1 saturated heterocycles. The third-order valence-corrected chi connectivity index (χ3v) is 5.15. The van der Waals surface area contributed by atoms with Crippen LogP contribution in [0.15, 0.2) is 33.5 Å². The molecule has 0 unspecified atom stereocenters. The lowest BCUT2D eigenvalue weighted by Gasteiger charge is -2.39. The molecule has 1 aliphatic rings. The van der Waals surface area contributed by atoms with Crippen molar-refractivity contribution >= 4 is 21.7 Å². The van der Waals surface area contributed by atoms with E-state index in [-0.39, 0.29) is 27.9 Å². The van der Waals surface area contributed by atoms with Gasteiger partial charge in [-0.25, -0.2) is 4.79 Å². The zero-order valence-corrected chi connectivity index (χ0v) is 15.7. The van der Waals surface area contributed by atoms with Crippen molar-refractivity contribution in [3.05, 3.63) is 40.2 Å². The van der Waals surface area contributed by atoms with Gasteiger partial charge in [0.1, 0.15) is 52.6 Å². The summed E-state index contributed by atoms with van der Waals surface area (Å²) in [4.78, 5) is 12.3. The normalized spacial score (nSPS) is 26.9. The van der Waals surface area contributed by atoms with Crippen molar-refractivity contribution in [2.24, 2.45) is 0 Å². The van der Waals surface area contributed by atoms with E-state index >= 15 is 0 Å². The summed E-state index contributed by atoms with van der Waals surface area (Å²) < 4.78 is 16.2. The molecular formula is C20H20O10. The Labute approximate surface area is 168 Å². The van der Waals surface area contributed by atoms with Crippen LogP contribution in [0.1, 0.15) is 5.56 Å². The number of phenolic OH excluding ortho intramolecular Hbond substituents is 2. The second-order valence-electron chi connectivity index (χ2n) is 7.21. The molecule has 1 aromatic heterocycles. The largest absolute Gasteiger partial charge is 0.508 e. The van der Waals surface area contributed by atoms with Crippen molar-refractivity contribution in [1.29, 1.82) is 0 Å². The lowest BCUT2D eigenvalue weighted by Crippen LogP contribution is -2.60. The second-order valence-corrected chi connectivity index (χ2v) is 7.21. The smallest absolute Gasteiger partial charge is 0.347 e. The van der Waals surface area contributed by atoms with Crippen molar-refractivity contribution in [2.75, 3.05) is 6.61 Å². The number of phenols is 2. The zero-order chi connectivity index (χ0) is 21.7. The number of rotatable bonds is 3. The molecule has 160 valence electrons. The fourth-order valence-corrected chi connectivity index (χ4v) is 3.69. The Morgan fingerprint density at radius 3 is 2.43 bits per heavy atom. The van der Waals surface area contributed by atoms with Gasteiger partial charge in [0, 0.05) is 22.9 Å². The summed E-state index contributed by atoms with van der Waals surface area (Å²) in [5.74, 6) is -0.522. The highest BCUT2D eigenvalue weighted by Crippen LogP contribution is 2.36. The molecule has 0 saturated carbocycles. The number of ether oxygens (including phenoxy) is 2. The minimum absolute atomic E-state index is 0.0778. The molecule has 4 rings (SSSR count). The van der Waals surface area contributed by atoms with Gasteiger partial charge in [0.05, 0.1) is 6.61 Å². The van der Waals surface area contributed by atoms with Crippen LogP contribution in [0.2, 0.25) is 0 Å². The quantitative estimate of drug-likeness (QED) is 0.247. The standard InChI is InChI=1S/C20H20O10/c1-7-2-9(28-20-18(26)17(25)16(24)13(6-21)30-20)5-12-14(7)10-3-8(22)4-11(23)15(10)19(27)29-12/h2-5,13,16-18,20-26H,6H2,1H3/t13-,16-,17+,18-,20-/m1/s1. The molecule has 6 N–H and O–H groups in total. The molecule has 5 atom stereocenters.